The molecule has 0 heterocycles. The number of allylic oxidation sites excluding steroid dienone is 1. The molecule has 0 bridgehead atoms. The summed E-state index contributed by atoms with van der Waals surface area (Å²) in [5, 5.41) is 2.99. The van der Waals surface area contributed by atoms with Crippen LogP contribution >= 0.6 is 0 Å². The summed E-state index contributed by atoms with van der Waals surface area (Å²) in [4.78, 5) is 11.2. The quantitative estimate of drug-likeness (QED) is 0.482. The highest BCUT2D eigenvalue weighted by Gasteiger charge is 2.27. The van der Waals surface area contributed by atoms with Crippen LogP contribution in [0.3, 0.4) is 0 Å². The third-order valence-corrected chi connectivity index (χ3v) is 2.93. The molecular formula is C14H30N2O. The van der Waals surface area contributed by atoms with Crippen LogP contribution in [-0.4, -0.2) is 18.5 Å². The minimum Gasteiger partial charge on any atom is -0.368 e. The Morgan fingerprint density at radius 1 is 1.29 bits per heavy atom. The van der Waals surface area contributed by atoms with E-state index < -0.39 is 5.54 Å². The van der Waals surface area contributed by atoms with E-state index in [4.69, 9.17) is 5.73 Å². The lowest BCUT2D eigenvalue weighted by Crippen LogP contribution is -2.51. The number of amides is 1. The Morgan fingerprint density at radius 3 is 2.24 bits per heavy atom. The summed E-state index contributed by atoms with van der Waals surface area (Å²) in [6.45, 7) is 9.54. The van der Waals surface area contributed by atoms with E-state index >= 15 is 0 Å². The molecule has 0 aromatic rings. The highest BCUT2D eigenvalue weighted by Crippen LogP contribution is 2.15. The van der Waals surface area contributed by atoms with Gasteiger partial charge < -0.3 is 11.1 Å². The molecular weight excluding hydrogens is 212 g/mol. The van der Waals surface area contributed by atoms with E-state index in [1.165, 1.54) is 12.8 Å². The van der Waals surface area contributed by atoms with Crippen LogP contribution in [0, 0.1) is 0 Å². The molecule has 1 amide bonds. The molecule has 0 fully saturated rings. The first-order valence-corrected chi connectivity index (χ1v) is 6.66. The van der Waals surface area contributed by atoms with E-state index in [1.807, 2.05) is 26.8 Å². The second-order valence-corrected chi connectivity index (χ2v) is 4.19. The van der Waals surface area contributed by atoms with Crippen molar-refractivity contribution >= 4 is 5.91 Å². The van der Waals surface area contributed by atoms with Crippen LogP contribution in [-0.2, 0) is 4.79 Å². The van der Waals surface area contributed by atoms with E-state index in [-0.39, 0.29) is 5.91 Å². The predicted molar refractivity (Wildman–Crippen MR) is 75.9 cm³/mol. The first-order valence-electron chi connectivity index (χ1n) is 6.66. The van der Waals surface area contributed by atoms with Crippen molar-refractivity contribution in [1.29, 1.82) is 0 Å². The van der Waals surface area contributed by atoms with Crippen molar-refractivity contribution in [2.45, 2.75) is 64.8 Å². The van der Waals surface area contributed by atoms with Crippen LogP contribution < -0.4 is 11.1 Å². The monoisotopic (exact) mass is 242 g/mol. The lowest BCUT2D eigenvalue weighted by Gasteiger charge is -2.25. The average Bonchev–Trinajstić information content (AvgIpc) is 2.35. The number of rotatable bonds is 9. The molecule has 0 spiro atoms. The summed E-state index contributed by atoms with van der Waals surface area (Å²) in [5.41, 5.74) is 4.79. The number of nitrogens with two attached hydrogens (primary N) is 1. The number of primary amides is 1. The second kappa shape index (κ2) is 11.6. The zero-order valence-electron chi connectivity index (χ0n) is 12.0. The average molecular weight is 242 g/mol. The van der Waals surface area contributed by atoms with Crippen LogP contribution in [0.5, 0.6) is 0 Å². The Kier molecular flexibility index (Phi) is 12.7. The molecule has 1 atom stereocenters. The van der Waals surface area contributed by atoms with Gasteiger partial charge in [0.05, 0.1) is 5.54 Å². The molecule has 0 saturated heterocycles. The van der Waals surface area contributed by atoms with E-state index in [9.17, 15) is 4.79 Å². The fourth-order valence-corrected chi connectivity index (χ4v) is 1.49. The highest BCUT2D eigenvalue weighted by molar-refractivity contribution is 5.84. The predicted octanol–water partition coefficient (Wildman–Crippen LogP) is 3.00. The number of carbonyl (C=O) groups excluding carboxylic acids is 1. The van der Waals surface area contributed by atoms with Gasteiger partial charge in [0.15, 0.2) is 0 Å². The molecule has 0 saturated carbocycles. The summed E-state index contributed by atoms with van der Waals surface area (Å²) in [7, 11) is 1.78. The molecule has 0 aliphatic heterocycles. The fourth-order valence-electron chi connectivity index (χ4n) is 1.49. The van der Waals surface area contributed by atoms with Gasteiger partial charge in [0.2, 0.25) is 5.91 Å². The number of hydrogen-bond acceptors (Lipinski definition) is 2. The van der Waals surface area contributed by atoms with Crippen LogP contribution in [0.2, 0.25) is 0 Å². The summed E-state index contributed by atoms with van der Waals surface area (Å²) in [6, 6.07) is 0. The summed E-state index contributed by atoms with van der Waals surface area (Å²) in [6.07, 6.45) is 8.42. The van der Waals surface area contributed by atoms with Gasteiger partial charge in [0.1, 0.15) is 0 Å². The molecule has 17 heavy (non-hydrogen) atoms. The van der Waals surface area contributed by atoms with Crippen molar-refractivity contribution in [3.8, 4) is 0 Å². The van der Waals surface area contributed by atoms with Gasteiger partial charge in [-0.25, -0.2) is 0 Å². The molecule has 3 nitrogen and oxygen atoms in total. The van der Waals surface area contributed by atoms with Crippen molar-refractivity contribution in [2.75, 3.05) is 7.05 Å². The molecule has 3 heteroatoms. The van der Waals surface area contributed by atoms with Crippen LogP contribution in [0.4, 0.5) is 0 Å². The zero-order valence-corrected chi connectivity index (χ0v) is 12.0. The van der Waals surface area contributed by atoms with E-state index in [1.54, 1.807) is 7.05 Å². The molecule has 102 valence electrons. The maximum absolute atomic E-state index is 11.2. The van der Waals surface area contributed by atoms with Gasteiger partial charge in [0, 0.05) is 0 Å². The van der Waals surface area contributed by atoms with Gasteiger partial charge in [0.25, 0.3) is 0 Å². The minimum atomic E-state index is -0.543. The second-order valence-electron chi connectivity index (χ2n) is 4.19. The standard InChI is InChI=1S/C12H24N2O.C2H6/c1-4-5-6-7-8-9-10-12(2,14-3)11(13)15;1-2/h4,14H,1,5-10H2,2-3H3,(H2,13,15);1-2H3/t12-;/m0./s1. The molecule has 0 aromatic heterocycles. The maximum atomic E-state index is 11.2. The van der Waals surface area contributed by atoms with Gasteiger partial charge in [-0.3, -0.25) is 4.79 Å². The number of hydrogen-bond donors (Lipinski definition) is 2. The van der Waals surface area contributed by atoms with Crippen LogP contribution in [0.25, 0.3) is 0 Å². The topological polar surface area (TPSA) is 55.1 Å². The van der Waals surface area contributed by atoms with E-state index in [0.29, 0.717) is 0 Å². The third-order valence-electron chi connectivity index (χ3n) is 2.93. The Labute approximate surface area is 107 Å². The van der Waals surface area contributed by atoms with Gasteiger partial charge in [-0.1, -0.05) is 39.2 Å². The van der Waals surface area contributed by atoms with Crippen molar-refractivity contribution in [3.63, 3.8) is 0 Å². The molecule has 0 aromatic carbocycles. The number of carbonyl (C=O) groups is 1. The fraction of sp³-hybridized carbons (Fsp3) is 0.786. The third kappa shape index (κ3) is 8.93. The highest BCUT2D eigenvalue weighted by atomic mass is 16.1. The van der Waals surface area contributed by atoms with Crippen molar-refractivity contribution < 1.29 is 4.79 Å². The Balaban J connectivity index is 0. The SMILES string of the molecule is C=CCCCCCC[C@](C)(NC)C(N)=O.CC. The molecule has 0 rings (SSSR count). The minimum absolute atomic E-state index is 0.268. The van der Waals surface area contributed by atoms with Crippen molar-refractivity contribution in [2.24, 2.45) is 5.73 Å². The number of unbranched alkanes of at least 4 members (excludes halogenated alkanes) is 4. The van der Waals surface area contributed by atoms with E-state index in [2.05, 4.69) is 11.9 Å². The van der Waals surface area contributed by atoms with Crippen LogP contribution in [0.15, 0.2) is 12.7 Å². The Morgan fingerprint density at radius 2 is 1.82 bits per heavy atom. The summed E-state index contributed by atoms with van der Waals surface area (Å²) < 4.78 is 0. The molecule has 0 aliphatic rings. The normalized spacial score (nSPS) is 13.2. The molecule has 0 radical (unpaired) electrons. The number of likely N-dealkylation sites (N-methyl/N-ethyl adjacent to an activating group) is 1. The van der Waals surface area contributed by atoms with Gasteiger partial charge in [-0.15, -0.1) is 6.58 Å². The first-order chi connectivity index (χ1) is 8.06. The van der Waals surface area contributed by atoms with E-state index in [0.717, 1.165) is 25.7 Å². The number of nitrogens with one attached hydrogen (secondary N) is 1. The largest absolute Gasteiger partial charge is 0.368 e. The summed E-state index contributed by atoms with van der Waals surface area (Å²) in [5.74, 6) is -0.268. The van der Waals surface area contributed by atoms with Gasteiger partial charge in [-0.2, -0.15) is 0 Å². The molecule has 0 unspecified atom stereocenters. The van der Waals surface area contributed by atoms with Crippen molar-refractivity contribution in [3.05, 3.63) is 12.7 Å². The smallest absolute Gasteiger partial charge is 0.237 e. The molecule has 0 aliphatic carbocycles. The van der Waals surface area contributed by atoms with Crippen LogP contribution in [0.1, 0.15) is 59.3 Å². The Hall–Kier alpha value is -0.830. The van der Waals surface area contributed by atoms with Gasteiger partial charge >= 0.3 is 0 Å². The van der Waals surface area contributed by atoms with Gasteiger partial charge in [-0.05, 0) is 33.2 Å². The maximum Gasteiger partial charge on any atom is 0.237 e. The zero-order chi connectivity index (χ0) is 13.7. The lowest BCUT2D eigenvalue weighted by molar-refractivity contribution is -0.123. The molecule has 3 N–H and O–H groups in total. The summed E-state index contributed by atoms with van der Waals surface area (Å²) >= 11 is 0. The first kappa shape index (κ1) is 18.5. The lowest BCUT2D eigenvalue weighted by atomic mass is 9.93. The Bertz CT molecular complexity index is 204. The van der Waals surface area contributed by atoms with Crippen molar-refractivity contribution in [1.82, 2.24) is 5.32 Å².